The summed E-state index contributed by atoms with van der Waals surface area (Å²) in [7, 11) is 1.47. The summed E-state index contributed by atoms with van der Waals surface area (Å²) in [6, 6.07) is 10.7. The molecule has 2 aromatic carbocycles. The van der Waals surface area contributed by atoms with Crippen molar-refractivity contribution in [1.29, 1.82) is 0 Å². The van der Waals surface area contributed by atoms with Crippen LogP contribution >= 0.6 is 0 Å². The van der Waals surface area contributed by atoms with Crippen LogP contribution in [0.3, 0.4) is 0 Å². The number of urea groups is 1. The predicted molar refractivity (Wildman–Crippen MR) is 96.3 cm³/mol. The number of methoxy groups -OCH3 is 1. The van der Waals surface area contributed by atoms with E-state index in [1.165, 1.54) is 32.2 Å². The van der Waals surface area contributed by atoms with Crippen LogP contribution < -0.4 is 20.2 Å². The van der Waals surface area contributed by atoms with Gasteiger partial charge in [-0.1, -0.05) is 18.2 Å². The summed E-state index contributed by atoms with van der Waals surface area (Å²) in [5, 5.41) is 3.08. The molecule has 1 heterocycles. The molecule has 1 saturated heterocycles. The fourth-order valence-electron chi connectivity index (χ4n) is 2.85. The minimum atomic E-state index is -3.05. The van der Waals surface area contributed by atoms with Gasteiger partial charge in [-0.2, -0.15) is 13.8 Å². The van der Waals surface area contributed by atoms with Gasteiger partial charge in [0.05, 0.1) is 7.11 Å². The molecule has 29 heavy (non-hydrogen) atoms. The molecule has 0 aliphatic carbocycles. The number of rotatable bonds is 6. The molecule has 0 radical (unpaired) electrons. The third-order valence-electron chi connectivity index (χ3n) is 4.37. The van der Waals surface area contributed by atoms with Crippen molar-refractivity contribution in [2.45, 2.75) is 19.1 Å². The van der Waals surface area contributed by atoms with Crippen molar-refractivity contribution < 1.29 is 32.6 Å². The van der Waals surface area contributed by atoms with Gasteiger partial charge in [0.1, 0.15) is 17.0 Å². The number of carbonyl (C=O) groups excluding carboxylic acids is 3. The van der Waals surface area contributed by atoms with Gasteiger partial charge in [0.15, 0.2) is 0 Å². The summed E-state index contributed by atoms with van der Waals surface area (Å²) >= 11 is 0. The maximum absolute atomic E-state index is 12.9. The van der Waals surface area contributed by atoms with Gasteiger partial charge in [-0.25, -0.2) is 4.79 Å². The lowest BCUT2D eigenvalue weighted by Gasteiger charge is -2.22. The smallest absolute Gasteiger partial charge is 0.387 e. The first-order valence-corrected chi connectivity index (χ1v) is 8.41. The van der Waals surface area contributed by atoms with Crippen molar-refractivity contribution in [2.75, 3.05) is 7.11 Å². The van der Waals surface area contributed by atoms with Gasteiger partial charge in [-0.05, 0) is 42.8 Å². The second-order valence-corrected chi connectivity index (χ2v) is 6.27. The van der Waals surface area contributed by atoms with Crippen LogP contribution in [0.4, 0.5) is 13.6 Å². The van der Waals surface area contributed by atoms with Gasteiger partial charge < -0.3 is 14.8 Å². The van der Waals surface area contributed by atoms with Crippen LogP contribution in [0.25, 0.3) is 0 Å². The number of nitrogens with zero attached hydrogens (tertiary/aromatic N) is 1. The highest BCUT2D eigenvalue weighted by Crippen LogP contribution is 2.30. The average Bonchev–Trinajstić information content (AvgIpc) is 2.91. The van der Waals surface area contributed by atoms with E-state index in [0.29, 0.717) is 16.3 Å². The molecule has 0 unspecified atom stereocenters. The van der Waals surface area contributed by atoms with E-state index in [9.17, 15) is 23.2 Å². The third-order valence-corrected chi connectivity index (χ3v) is 4.37. The van der Waals surface area contributed by atoms with E-state index in [4.69, 9.17) is 4.74 Å². The second-order valence-electron chi connectivity index (χ2n) is 6.27. The number of benzene rings is 2. The Hall–Kier alpha value is -3.69. The minimum absolute atomic E-state index is 0.0706. The number of amides is 4. The zero-order chi connectivity index (χ0) is 21.2. The number of hydrogen-bond donors (Lipinski definition) is 2. The predicted octanol–water partition coefficient (Wildman–Crippen LogP) is 2.41. The maximum Gasteiger partial charge on any atom is 0.387 e. The molecular weight excluding hydrogens is 388 g/mol. The maximum atomic E-state index is 12.9. The van der Waals surface area contributed by atoms with Crippen LogP contribution in [0.15, 0.2) is 48.5 Å². The fraction of sp³-hybridized carbons (Fsp3) is 0.211. The molecular formula is C19H17F2N3O5. The van der Waals surface area contributed by atoms with E-state index in [0.717, 1.165) is 6.07 Å². The SMILES string of the molecule is COc1cccc([C@@]2(C)NC(=O)N(NC(=O)c3cccc(OC(F)F)c3)C2=O)c1. The Balaban J connectivity index is 1.80. The van der Waals surface area contributed by atoms with Gasteiger partial charge in [0.25, 0.3) is 11.8 Å². The molecule has 0 spiro atoms. The van der Waals surface area contributed by atoms with Gasteiger partial charge in [-0.15, -0.1) is 0 Å². The first-order valence-electron chi connectivity index (χ1n) is 8.41. The van der Waals surface area contributed by atoms with E-state index >= 15 is 0 Å². The molecule has 3 rings (SSSR count). The molecule has 0 bridgehead atoms. The molecule has 0 aromatic heterocycles. The van der Waals surface area contributed by atoms with Gasteiger partial charge >= 0.3 is 12.6 Å². The molecule has 2 aromatic rings. The van der Waals surface area contributed by atoms with Crippen molar-refractivity contribution in [1.82, 2.24) is 15.8 Å². The molecule has 1 aliphatic heterocycles. The zero-order valence-corrected chi connectivity index (χ0v) is 15.4. The standard InChI is InChI=1S/C19H17F2N3O5/c1-19(12-6-4-7-13(10-12)28-2)16(26)24(18(27)22-19)23-15(25)11-5-3-8-14(9-11)29-17(20)21/h3-10,17H,1-2H3,(H,22,27)(H,23,25)/t19-/m1/s1. The summed E-state index contributed by atoms with van der Waals surface area (Å²) in [5.74, 6) is -1.30. The van der Waals surface area contributed by atoms with Crippen molar-refractivity contribution in [3.8, 4) is 11.5 Å². The van der Waals surface area contributed by atoms with Crippen LogP contribution in [0, 0.1) is 0 Å². The van der Waals surface area contributed by atoms with E-state index < -0.39 is 30.0 Å². The minimum Gasteiger partial charge on any atom is -0.497 e. The highest BCUT2D eigenvalue weighted by atomic mass is 19.3. The van der Waals surface area contributed by atoms with E-state index in [1.807, 2.05) is 0 Å². The van der Waals surface area contributed by atoms with Crippen LogP contribution in [0.2, 0.25) is 0 Å². The largest absolute Gasteiger partial charge is 0.497 e. The van der Waals surface area contributed by atoms with E-state index in [1.54, 1.807) is 24.3 Å². The summed E-state index contributed by atoms with van der Waals surface area (Å²) in [6.45, 7) is -1.56. The zero-order valence-electron chi connectivity index (χ0n) is 15.4. The number of hydrogen-bond acceptors (Lipinski definition) is 5. The van der Waals surface area contributed by atoms with Gasteiger partial charge in [0.2, 0.25) is 0 Å². The number of carbonyl (C=O) groups is 3. The lowest BCUT2D eigenvalue weighted by Crippen LogP contribution is -2.47. The molecule has 10 heteroatoms. The molecule has 0 saturated carbocycles. The Morgan fingerprint density at radius 2 is 1.83 bits per heavy atom. The second kappa shape index (κ2) is 7.74. The average molecular weight is 405 g/mol. The van der Waals surface area contributed by atoms with Crippen LogP contribution in [-0.4, -0.2) is 36.6 Å². The van der Waals surface area contributed by atoms with Crippen molar-refractivity contribution in [3.05, 3.63) is 59.7 Å². The number of imide groups is 1. The number of ether oxygens (including phenoxy) is 2. The molecule has 152 valence electrons. The molecule has 4 amide bonds. The third kappa shape index (κ3) is 3.96. The van der Waals surface area contributed by atoms with Gasteiger partial charge in [-0.3, -0.25) is 15.0 Å². The van der Waals surface area contributed by atoms with Crippen LogP contribution in [-0.2, 0) is 10.3 Å². The number of nitrogens with one attached hydrogen (secondary N) is 2. The Morgan fingerprint density at radius 3 is 2.52 bits per heavy atom. The molecule has 1 aliphatic rings. The summed E-state index contributed by atoms with van der Waals surface area (Å²) < 4.78 is 34.1. The highest BCUT2D eigenvalue weighted by Gasteiger charge is 2.50. The first kappa shape index (κ1) is 20.1. The fourth-order valence-corrected chi connectivity index (χ4v) is 2.85. The van der Waals surface area contributed by atoms with Gasteiger partial charge in [0, 0.05) is 5.56 Å². The van der Waals surface area contributed by atoms with Crippen molar-refractivity contribution in [2.24, 2.45) is 0 Å². The number of alkyl halides is 2. The van der Waals surface area contributed by atoms with Crippen molar-refractivity contribution >= 4 is 17.8 Å². The quantitative estimate of drug-likeness (QED) is 0.720. The van der Waals surface area contributed by atoms with Crippen LogP contribution in [0.5, 0.6) is 11.5 Å². The van der Waals surface area contributed by atoms with Crippen LogP contribution in [0.1, 0.15) is 22.8 Å². The number of halogens is 2. The monoisotopic (exact) mass is 405 g/mol. The normalized spacial score (nSPS) is 18.6. The highest BCUT2D eigenvalue weighted by molar-refractivity contribution is 6.09. The number of hydrazine groups is 1. The Kier molecular flexibility index (Phi) is 5.35. The lowest BCUT2D eigenvalue weighted by molar-refractivity contribution is -0.132. The summed E-state index contributed by atoms with van der Waals surface area (Å²) in [5.41, 5.74) is 1.14. The first-order chi connectivity index (χ1) is 13.7. The summed E-state index contributed by atoms with van der Waals surface area (Å²) in [4.78, 5) is 37.6. The topological polar surface area (TPSA) is 97.0 Å². The molecule has 1 fully saturated rings. The van der Waals surface area contributed by atoms with E-state index in [-0.39, 0.29) is 11.3 Å². The van der Waals surface area contributed by atoms with Crippen molar-refractivity contribution in [3.63, 3.8) is 0 Å². The lowest BCUT2D eigenvalue weighted by atomic mass is 9.92. The molecule has 8 nitrogen and oxygen atoms in total. The molecule has 1 atom stereocenters. The Labute approximate surface area is 164 Å². The summed E-state index contributed by atoms with van der Waals surface area (Å²) in [6.07, 6.45) is 0. The van der Waals surface area contributed by atoms with E-state index in [2.05, 4.69) is 15.5 Å². The Morgan fingerprint density at radius 1 is 1.14 bits per heavy atom. The molecule has 2 N–H and O–H groups in total. The Bertz CT molecular complexity index is 968.